The average Bonchev–Trinajstić information content (AvgIpc) is 2.51. The van der Waals surface area contributed by atoms with E-state index in [0.717, 1.165) is 19.3 Å². The molecule has 0 saturated heterocycles. The van der Waals surface area contributed by atoms with E-state index in [0.29, 0.717) is 12.8 Å². The van der Waals surface area contributed by atoms with Crippen LogP contribution < -0.4 is 5.32 Å². The number of hydrogen-bond acceptors (Lipinski definition) is 3. The number of carbonyl (C=O) groups is 2. The standard InChI is InChI=1S/C17H30N2O4/c1-16(2)13(10-17(16,3)23-5)19(4)15(22)18-12-8-6-11(7-9-12)14(20)21/h11-13H,6-10H2,1-5H3,(H,18,22)(H,20,21). The van der Waals surface area contributed by atoms with Gasteiger partial charge in [0.15, 0.2) is 0 Å². The van der Waals surface area contributed by atoms with Crippen LogP contribution in [-0.4, -0.2) is 53.8 Å². The lowest BCUT2D eigenvalue weighted by molar-refractivity contribution is -0.198. The molecule has 2 atom stereocenters. The number of ether oxygens (including phenoxy) is 1. The molecule has 2 aliphatic rings. The molecular formula is C17H30N2O4. The zero-order valence-corrected chi connectivity index (χ0v) is 14.9. The second-order valence-electron chi connectivity index (χ2n) is 7.82. The monoisotopic (exact) mass is 326 g/mol. The Morgan fingerprint density at radius 3 is 2.17 bits per heavy atom. The highest BCUT2D eigenvalue weighted by atomic mass is 16.5. The van der Waals surface area contributed by atoms with Crippen molar-refractivity contribution >= 4 is 12.0 Å². The van der Waals surface area contributed by atoms with E-state index < -0.39 is 5.97 Å². The quantitative estimate of drug-likeness (QED) is 0.832. The zero-order chi connectivity index (χ0) is 17.4. The Morgan fingerprint density at radius 2 is 1.74 bits per heavy atom. The summed E-state index contributed by atoms with van der Waals surface area (Å²) in [7, 11) is 3.55. The van der Waals surface area contributed by atoms with E-state index in [4.69, 9.17) is 9.84 Å². The second kappa shape index (κ2) is 6.30. The van der Waals surface area contributed by atoms with Gasteiger partial charge in [-0.2, -0.15) is 0 Å². The number of carboxylic acids is 1. The summed E-state index contributed by atoms with van der Waals surface area (Å²) >= 11 is 0. The molecule has 2 aliphatic carbocycles. The SMILES string of the molecule is COC1(C)CC(N(C)C(=O)NC2CCC(C(=O)O)CC2)C1(C)C. The van der Waals surface area contributed by atoms with E-state index in [1.165, 1.54) is 0 Å². The maximum absolute atomic E-state index is 12.5. The number of amides is 2. The third-order valence-electron chi connectivity index (χ3n) is 6.42. The summed E-state index contributed by atoms with van der Waals surface area (Å²) in [5.41, 5.74) is -0.305. The minimum absolute atomic E-state index is 0.0694. The maximum Gasteiger partial charge on any atom is 0.317 e. The normalized spacial score (nSPS) is 36.0. The molecule has 2 rings (SSSR count). The van der Waals surface area contributed by atoms with Crippen molar-refractivity contribution in [1.82, 2.24) is 10.2 Å². The topological polar surface area (TPSA) is 78.9 Å². The van der Waals surface area contributed by atoms with Gasteiger partial charge >= 0.3 is 12.0 Å². The van der Waals surface area contributed by atoms with E-state index in [-0.39, 0.29) is 35.0 Å². The van der Waals surface area contributed by atoms with Crippen LogP contribution in [0.25, 0.3) is 0 Å². The van der Waals surface area contributed by atoms with Gasteiger partial charge in [0.2, 0.25) is 0 Å². The highest BCUT2D eigenvalue weighted by molar-refractivity contribution is 5.75. The van der Waals surface area contributed by atoms with Crippen LogP contribution in [-0.2, 0) is 9.53 Å². The first kappa shape index (κ1) is 18.0. The molecule has 0 aromatic carbocycles. The van der Waals surface area contributed by atoms with Gasteiger partial charge in [-0.15, -0.1) is 0 Å². The first-order valence-electron chi connectivity index (χ1n) is 8.43. The molecule has 0 spiro atoms. The van der Waals surface area contributed by atoms with Crippen molar-refractivity contribution in [3.05, 3.63) is 0 Å². The summed E-state index contributed by atoms with van der Waals surface area (Å²) in [6, 6.07) is 0.153. The largest absolute Gasteiger partial charge is 0.481 e. The van der Waals surface area contributed by atoms with E-state index in [9.17, 15) is 9.59 Å². The fourth-order valence-corrected chi connectivity index (χ4v) is 3.98. The van der Waals surface area contributed by atoms with Gasteiger partial charge in [0.05, 0.1) is 11.5 Å². The molecule has 2 N–H and O–H groups in total. The van der Waals surface area contributed by atoms with Crippen LogP contribution in [0.5, 0.6) is 0 Å². The molecule has 0 radical (unpaired) electrons. The number of methoxy groups -OCH3 is 1. The number of carbonyl (C=O) groups excluding carboxylic acids is 1. The highest BCUT2D eigenvalue weighted by Gasteiger charge is 2.59. The zero-order valence-electron chi connectivity index (χ0n) is 14.9. The summed E-state index contributed by atoms with van der Waals surface area (Å²) in [5, 5.41) is 12.1. The molecule has 2 saturated carbocycles. The van der Waals surface area contributed by atoms with Crippen molar-refractivity contribution in [1.29, 1.82) is 0 Å². The van der Waals surface area contributed by atoms with E-state index >= 15 is 0 Å². The predicted octanol–water partition coefficient (Wildman–Crippen LogP) is 2.47. The van der Waals surface area contributed by atoms with Gasteiger partial charge in [0, 0.05) is 31.7 Å². The third kappa shape index (κ3) is 3.18. The Balaban J connectivity index is 1.86. The summed E-state index contributed by atoms with van der Waals surface area (Å²) in [4.78, 5) is 25.3. The van der Waals surface area contributed by atoms with Gasteiger partial charge in [-0.1, -0.05) is 13.8 Å². The molecule has 132 valence electrons. The smallest absolute Gasteiger partial charge is 0.317 e. The second-order valence-corrected chi connectivity index (χ2v) is 7.82. The lowest BCUT2D eigenvalue weighted by Crippen LogP contribution is -2.69. The lowest BCUT2D eigenvalue weighted by atomic mass is 9.55. The number of hydrogen-bond donors (Lipinski definition) is 2. The fraction of sp³-hybridized carbons (Fsp3) is 0.882. The van der Waals surface area contributed by atoms with Crippen LogP contribution in [0.3, 0.4) is 0 Å². The molecular weight excluding hydrogens is 296 g/mol. The van der Waals surface area contributed by atoms with E-state index in [1.54, 1.807) is 12.0 Å². The van der Waals surface area contributed by atoms with Crippen molar-refractivity contribution in [3.63, 3.8) is 0 Å². The number of carboxylic acid groups (broad SMARTS) is 1. The Labute approximate surface area is 138 Å². The van der Waals surface area contributed by atoms with Gasteiger partial charge in [-0.3, -0.25) is 4.79 Å². The first-order valence-corrected chi connectivity index (χ1v) is 8.43. The molecule has 0 aromatic heterocycles. The van der Waals surface area contributed by atoms with Crippen LogP contribution >= 0.6 is 0 Å². The van der Waals surface area contributed by atoms with Gasteiger partial charge in [-0.25, -0.2) is 4.79 Å². The molecule has 2 fully saturated rings. The van der Waals surface area contributed by atoms with Crippen LogP contribution in [0.4, 0.5) is 4.79 Å². The molecule has 6 nitrogen and oxygen atoms in total. The van der Waals surface area contributed by atoms with Crippen LogP contribution in [0, 0.1) is 11.3 Å². The Kier molecular flexibility index (Phi) is 4.95. The maximum atomic E-state index is 12.5. The van der Waals surface area contributed by atoms with Gasteiger partial charge in [0.1, 0.15) is 0 Å². The molecule has 0 heterocycles. The van der Waals surface area contributed by atoms with E-state index in [1.807, 2.05) is 7.05 Å². The van der Waals surface area contributed by atoms with Crippen molar-refractivity contribution in [2.75, 3.05) is 14.2 Å². The van der Waals surface area contributed by atoms with Crippen LogP contribution in [0.15, 0.2) is 0 Å². The molecule has 0 aromatic rings. The van der Waals surface area contributed by atoms with Gasteiger partial charge < -0.3 is 20.1 Å². The predicted molar refractivity (Wildman–Crippen MR) is 87.3 cm³/mol. The molecule has 0 bridgehead atoms. The molecule has 6 heteroatoms. The molecule has 23 heavy (non-hydrogen) atoms. The van der Waals surface area contributed by atoms with Crippen LogP contribution in [0.2, 0.25) is 0 Å². The number of urea groups is 1. The lowest BCUT2D eigenvalue weighted by Gasteiger charge is -2.61. The summed E-state index contributed by atoms with van der Waals surface area (Å²) in [6.45, 7) is 6.35. The molecule has 2 unspecified atom stereocenters. The molecule has 0 aliphatic heterocycles. The summed E-state index contributed by atoms with van der Waals surface area (Å²) < 4.78 is 5.62. The summed E-state index contributed by atoms with van der Waals surface area (Å²) in [6.07, 6.45) is 3.58. The summed E-state index contributed by atoms with van der Waals surface area (Å²) in [5.74, 6) is -0.976. The minimum Gasteiger partial charge on any atom is -0.481 e. The average molecular weight is 326 g/mol. The fourth-order valence-electron chi connectivity index (χ4n) is 3.98. The number of aliphatic carboxylic acids is 1. The third-order valence-corrected chi connectivity index (χ3v) is 6.42. The van der Waals surface area contributed by atoms with Crippen molar-refractivity contribution in [2.24, 2.45) is 11.3 Å². The minimum atomic E-state index is -0.720. The van der Waals surface area contributed by atoms with Crippen LogP contribution in [0.1, 0.15) is 52.9 Å². The first-order chi connectivity index (χ1) is 10.6. The number of rotatable bonds is 4. The van der Waals surface area contributed by atoms with Crippen molar-refractivity contribution < 1.29 is 19.4 Å². The van der Waals surface area contributed by atoms with Crippen molar-refractivity contribution in [2.45, 2.75) is 70.6 Å². The Bertz CT molecular complexity index is 471. The van der Waals surface area contributed by atoms with E-state index in [2.05, 4.69) is 26.1 Å². The number of nitrogens with zero attached hydrogens (tertiary/aromatic N) is 1. The Hall–Kier alpha value is -1.30. The Morgan fingerprint density at radius 1 is 1.17 bits per heavy atom. The number of nitrogens with one attached hydrogen (secondary N) is 1. The van der Waals surface area contributed by atoms with Crippen molar-refractivity contribution in [3.8, 4) is 0 Å². The highest BCUT2D eigenvalue weighted by Crippen LogP contribution is 2.53. The van der Waals surface area contributed by atoms with Gasteiger partial charge in [-0.05, 0) is 39.0 Å². The van der Waals surface area contributed by atoms with Gasteiger partial charge in [0.25, 0.3) is 0 Å². The molecule has 2 amide bonds.